The molecule has 0 bridgehead atoms. The van der Waals surface area contributed by atoms with Gasteiger partial charge >= 0.3 is 5.97 Å². The van der Waals surface area contributed by atoms with Crippen molar-refractivity contribution in [2.75, 3.05) is 0 Å². The molecule has 0 radical (unpaired) electrons. The molecule has 172 valence electrons. The topological polar surface area (TPSA) is 77.2 Å². The van der Waals surface area contributed by atoms with Crippen LogP contribution in [-0.4, -0.2) is 25.8 Å². The molecule has 6 nitrogen and oxygen atoms in total. The number of benzene rings is 2. The third-order valence-electron chi connectivity index (χ3n) is 6.52. The summed E-state index contributed by atoms with van der Waals surface area (Å²) >= 11 is 0. The minimum absolute atomic E-state index is 0.0268. The van der Waals surface area contributed by atoms with Gasteiger partial charge in [-0.1, -0.05) is 18.2 Å². The van der Waals surface area contributed by atoms with Gasteiger partial charge in [0.1, 0.15) is 12.4 Å². The summed E-state index contributed by atoms with van der Waals surface area (Å²) in [6.07, 6.45) is 4.16. The number of aromatic nitrogens is 3. The van der Waals surface area contributed by atoms with Gasteiger partial charge in [0.25, 0.3) is 0 Å². The number of ether oxygens (including phenoxy) is 1. The van der Waals surface area contributed by atoms with Crippen molar-refractivity contribution in [3.05, 3.63) is 89.4 Å². The monoisotopic (exact) mass is 453 g/mol. The van der Waals surface area contributed by atoms with Crippen LogP contribution >= 0.6 is 0 Å². The summed E-state index contributed by atoms with van der Waals surface area (Å²) in [5, 5.41) is 13.4. The van der Waals surface area contributed by atoms with Crippen LogP contribution in [0.3, 0.4) is 0 Å². The van der Waals surface area contributed by atoms with Crippen molar-refractivity contribution in [3.63, 3.8) is 0 Å². The Bertz CT molecular complexity index is 1330. The highest BCUT2D eigenvalue weighted by atomic mass is 16.5. The average Bonchev–Trinajstić information content (AvgIpc) is 3.52. The molecular formula is C28H27N3O3. The second-order valence-electron chi connectivity index (χ2n) is 9.02. The summed E-state index contributed by atoms with van der Waals surface area (Å²) in [6.45, 7) is 4.72. The Morgan fingerprint density at radius 3 is 2.50 bits per heavy atom. The van der Waals surface area contributed by atoms with E-state index in [9.17, 15) is 4.79 Å². The number of rotatable bonds is 7. The predicted molar refractivity (Wildman–Crippen MR) is 131 cm³/mol. The van der Waals surface area contributed by atoms with Crippen molar-refractivity contribution in [2.24, 2.45) is 13.0 Å². The molecule has 0 amide bonds. The number of hydrogen-bond donors (Lipinski definition) is 1. The lowest BCUT2D eigenvalue weighted by Gasteiger charge is -2.15. The van der Waals surface area contributed by atoms with Gasteiger partial charge in [0.15, 0.2) is 0 Å². The molecule has 1 fully saturated rings. The van der Waals surface area contributed by atoms with Gasteiger partial charge in [-0.05, 0) is 84.5 Å². The van der Waals surface area contributed by atoms with Crippen LogP contribution < -0.4 is 4.74 Å². The highest BCUT2D eigenvalue weighted by Crippen LogP contribution is 2.46. The highest BCUT2D eigenvalue weighted by molar-refractivity contribution is 5.76. The molecule has 2 atom stereocenters. The Balaban J connectivity index is 1.30. The number of carboxylic acid groups (broad SMARTS) is 1. The molecule has 4 aromatic rings. The van der Waals surface area contributed by atoms with E-state index in [4.69, 9.17) is 9.84 Å². The molecule has 2 aromatic carbocycles. The molecule has 1 aliphatic carbocycles. The van der Waals surface area contributed by atoms with E-state index in [2.05, 4.69) is 60.3 Å². The van der Waals surface area contributed by atoms with E-state index in [-0.39, 0.29) is 11.8 Å². The maximum Gasteiger partial charge on any atom is 0.307 e. The molecule has 2 heterocycles. The van der Waals surface area contributed by atoms with Crippen LogP contribution in [0, 0.1) is 19.8 Å². The number of nitrogens with zero attached hydrogens (tertiary/aromatic N) is 3. The Morgan fingerprint density at radius 1 is 1.09 bits per heavy atom. The minimum atomic E-state index is -0.746. The molecule has 34 heavy (non-hydrogen) atoms. The third-order valence-corrected chi connectivity index (χ3v) is 6.52. The molecule has 0 unspecified atom stereocenters. The Hall–Kier alpha value is -3.93. The zero-order chi connectivity index (χ0) is 23.8. The number of pyridine rings is 1. The van der Waals surface area contributed by atoms with E-state index in [1.165, 1.54) is 16.7 Å². The van der Waals surface area contributed by atoms with Gasteiger partial charge in [-0.3, -0.25) is 14.5 Å². The lowest BCUT2D eigenvalue weighted by molar-refractivity contribution is -0.138. The molecule has 0 spiro atoms. The van der Waals surface area contributed by atoms with E-state index in [1.807, 2.05) is 36.1 Å². The molecule has 2 aromatic heterocycles. The molecule has 6 heteroatoms. The van der Waals surface area contributed by atoms with Gasteiger partial charge < -0.3 is 9.84 Å². The molecule has 1 saturated carbocycles. The van der Waals surface area contributed by atoms with Crippen LogP contribution in [-0.2, 0) is 18.4 Å². The van der Waals surface area contributed by atoms with Gasteiger partial charge in [-0.2, -0.15) is 5.10 Å². The number of aryl methyl sites for hydroxylation is 3. The minimum Gasteiger partial charge on any atom is -0.487 e. The fourth-order valence-corrected chi connectivity index (χ4v) is 4.70. The van der Waals surface area contributed by atoms with E-state index >= 15 is 0 Å². The Kier molecular flexibility index (Phi) is 5.65. The largest absolute Gasteiger partial charge is 0.487 e. The van der Waals surface area contributed by atoms with Crippen molar-refractivity contribution in [2.45, 2.75) is 32.8 Å². The maximum absolute atomic E-state index is 11.1. The fraction of sp³-hybridized carbons (Fsp3) is 0.250. The summed E-state index contributed by atoms with van der Waals surface area (Å²) in [5.41, 5.74) is 8.98. The van der Waals surface area contributed by atoms with Crippen molar-refractivity contribution < 1.29 is 14.6 Å². The number of carbonyl (C=O) groups is 1. The van der Waals surface area contributed by atoms with E-state index in [1.54, 1.807) is 6.20 Å². The normalized spacial score (nSPS) is 16.9. The second kappa shape index (κ2) is 8.78. The predicted octanol–water partition coefficient (Wildman–Crippen LogP) is 5.53. The van der Waals surface area contributed by atoms with Gasteiger partial charge in [0.2, 0.25) is 0 Å². The lowest BCUT2D eigenvalue weighted by Crippen LogP contribution is -2.00. The van der Waals surface area contributed by atoms with Gasteiger partial charge in [-0.25, -0.2) is 0 Å². The smallest absolute Gasteiger partial charge is 0.307 e. The summed E-state index contributed by atoms with van der Waals surface area (Å²) in [4.78, 5) is 15.5. The van der Waals surface area contributed by atoms with Gasteiger partial charge in [-0.15, -0.1) is 0 Å². The molecule has 5 rings (SSSR count). The third kappa shape index (κ3) is 4.31. The highest BCUT2D eigenvalue weighted by Gasteiger charge is 2.45. The standard InChI is InChI=1S/C28H27N3O3/c1-17-11-21(26-9-10-30-31(26)3)12-18(2)27(17)20-6-4-5-19(13-20)16-34-22-7-8-25(29-15-22)23-14-24(23)28(32)33/h4-13,15,23-24H,14,16H2,1-3H3,(H,32,33)/t23-,24-/m1/s1. The summed E-state index contributed by atoms with van der Waals surface area (Å²) in [6, 6.07) is 18.6. The Labute approximate surface area is 198 Å². The van der Waals surface area contributed by atoms with Crippen LogP contribution in [0.2, 0.25) is 0 Å². The van der Waals surface area contributed by atoms with Crippen LogP contribution in [0.1, 0.15) is 34.7 Å². The first-order chi connectivity index (χ1) is 16.4. The van der Waals surface area contributed by atoms with Gasteiger partial charge in [0.05, 0.1) is 17.8 Å². The first-order valence-electron chi connectivity index (χ1n) is 11.4. The van der Waals surface area contributed by atoms with E-state index in [0.29, 0.717) is 18.8 Å². The fourth-order valence-electron chi connectivity index (χ4n) is 4.70. The van der Waals surface area contributed by atoms with E-state index < -0.39 is 5.97 Å². The van der Waals surface area contributed by atoms with E-state index in [0.717, 1.165) is 28.1 Å². The average molecular weight is 454 g/mol. The Morgan fingerprint density at radius 2 is 1.88 bits per heavy atom. The van der Waals surface area contributed by atoms with Crippen LogP contribution in [0.4, 0.5) is 0 Å². The lowest BCUT2D eigenvalue weighted by atomic mass is 9.92. The first-order valence-corrected chi connectivity index (χ1v) is 11.4. The van der Waals surface area contributed by atoms with Crippen molar-refractivity contribution in [1.82, 2.24) is 14.8 Å². The van der Waals surface area contributed by atoms with Crippen LogP contribution in [0.25, 0.3) is 22.4 Å². The van der Waals surface area contributed by atoms with Crippen molar-refractivity contribution in [3.8, 4) is 28.1 Å². The number of hydrogen-bond acceptors (Lipinski definition) is 4. The number of carboxylic acids is 1. The molecule has 0 saturated heterocycles. The molecule has 0 aliphatic heterocycles. The quantitative estimate of drug-likeness (QED) is 0.398. The van der Waals surface area contributed by atoms with Gasteiger partial charge in [0, 0.05) is 30.4 Å². The molecule has 1 aliphatic rings. The SMILES string of the molecule is Cc1cc(-c2ccnn2C)cc(C)c1-c1cccc(COc2ccc([C@@H]3C[C@H]3C(=O)O)nc2)c1. The summed E-state index contributed by atoms with van der Waals surface area (Å²) in [5.74, 6) is -0.343. The zero-order valence-corrected chi connectivity index (χ0v) is 19.5. The van der Waals surface area contributed by atoms with Crippen LogP contribution in [0.5, 0.6) is 5.75 Å². The molecule has 1 N–H and O–H groups in total. The second-order valence-corrected chi connectivity index (χ2v) is 9.02. The summed E-state index contributed by atoms with van der Waals surface area (Å²) < 4.78 is 7.86. The van der Waals surface area contributed by atoms with Crippen molar-refractivity contribution >= 4 is 5.97 Å². The van der Waals surface area contributed by atoms with Crippen LogP contribution in [0.15, 0.2) is 67.0 Å². The number of aliphatic carboxylic acids is 1. The molecular weight excluding hydrogens is 426 g/mol. The first kappa shape index (κ1) is 21.9. The summed E-state index contributed by atoms with van der Waals surface area (Å²) in [7, 11) is 1.96. The maximum atomic E-state index is 11.1. The van der Waals surface area contributed by atoms with Crippen molar-refractivity contribution in [1.29, 1.82) is 0 Å². The zero-order valence-electron chi connectivity index (χ0n) is 19.5.